The number of hydrogen-bond acceptors (Lipinski definition) is 5. The van der Waals surface area contributed by atoms with Crippen molar-refractivity contribution in [1.82, 2.24) is 20.2 Å². The van der Waals surface area contributed by atoms with Gasteiger partial charge in [0, 0.05) is 24.7 Å². The average molecular weight is 469 g/mol. The molecule has 0 spiro atoms. The zero-order valence-electron chi connectivity index (χ0n) is 18.5. The number of carbonyl (C=O) groups is 1. The number of nitrogens with zero attached hydrogens (tertiary/aromatic N) is 2. The zero-order valence-corrected chi connectivity index (χ0v) is 19.3. The molecule has 2 atom stereocenters. The number of rotatable bonds is 5. The molecule has 8 heteroatoms. The quantitative estimate of drug-likeness (QED) is 0.589. The number of piperidine rings is 1. The number of H-pyrrole nitrogens is 1. The second kappa shape index (κ2) is 9.23. The Hall–Kier alpha value is -2.77. The normalized spacial score (nSPS) is 22.5. The lowest BCUT2D eigenvalue weighted by Crippen LogP contribution is -2.47. The Bertz CT molecular complexity index is 1110. The third kappa shape index (κ3) is 4.66. The molecule has 1 saturated carbocycles. The fourth-order valence-electron chi connectivity index (χ4n) is 4.86. The maximum absolute atomic E-state index is 13.0. The Morgan fingerprint density at radius 3 is 2.73 bits per heavy atom. The van der Waals surface area contributed by atoms with Gasteiger partial charge in [-0.15, -0.1) is 12.4 Å². The number of carbonyl (C=O) groups excluding carboxylic acids is 1. The predicted octanol–water partition coefficient (Wildman–Crippen LogP) is 4.10. The number of amides is 1. The van der Waals surface area contributed by atoms with Crippen molar-refractivity contribution >= 4 is 29.3 Å². The monoisotopic (exact) mass is 468 g/mol. The number of fused-ring (bicyclic) bond motifs is 2. The standard InChI is InChI=1S/C25H28N4O3.ClH/c30-25(17-7-8-22-23(13-17)32-12-11-31-22)26-18-9-10-29(15-16-5-6-16)21(14-18)24-27-19-3-1-2-4-20(19)28-24;/h1-4,7-8,13,16,18,21H,5-6,9-12,14-15H2,(H,26,30)(H,27,28);1H/t18-,21-;/m1./s1. The first kappa shape index (κ1) is 22.0. The second-order valence-electron chi connectivity index (χ2n) is 9.15. The maximum Gasteiger partial charge on any atom is 0.251 e. The summed E-state index contributed by atoms with van der Waals surface area (Å²) >= 11 is 0. The lowest BCUT2D eigenvalue weighted by Gasteiger charge is -2.39. The molecule has 0 bridgehead atoms. The summed E-state index contributed by atoms with van der Waals surface area (Å²) in [7, 11) is 0. The number of aromatic amines is 1. The minimum Gasteiger partial charge on any atom is -0.486 e. The lowest BCUT2D eigenvalue weighted by molar-refractivity contribution is 0.0839. The molecule has 0 unspecified atom stereocenters. The van der Waals surface area contributed by atoms with E-state index in [1.54, 1.807) is 6.07 Å². The number of likely N-dealkylation sites (tertiary alicyclic amines) is 1. The van der Waals surface area contributed by atoms with Crippen LogP contribution >= 0.6 is 12.4 Å². The maximum atomic E-state index is 13.0. The number of aromatic nitrogens is 2. The molecular weight excluding hydrogens is 440 g/mol. The minimum atomic E-state index is -0.0639. The number of benzene rings is 2. The van der Waals surface area contributed by atoms with E-state index < -0.39 is 0 Å². The van der Waals surface area contributed by atoms with E-state index in [0.29, 0.717) is 30.3 Å². The summed E-state index contributed by atoms with van der Waals surface area (Å²) in [5, 5.41) is 3.26. The molecule has 2 aromatic carbocycles. The highest BCUT2D eigenvalue weighted by molar-refractivity contribution is 5.95. The van der Waals surface area contributed by atoms with Crippen molar-refractivity contribution in [2.24, 2.45) is 5.92 Å². The highest BCUT2D eigenvalue weighted by atomic mass is 35.5. The van der Waals surface area contributed by atoms with Crippen LogP contribution in [-0.2, 0) is 0 Å². The summed E-state index contributed by atoms with van der Waals surface area (Å²) in [6, 6.07) is 13.9. The highest BCUT2D eigenvalue weighted by Gasteiger charge is 2.35. The number of nitrogens with one attached hydrogen (secondary N) is 2. The Kier molecular flexibility index (Phi) is 6.17. The zero-order chi connectivity index (χ0) is 21.5. The molecule has 2 N–H and O–H groups in total. The van der Waals surface area contributed by atoms with Crippen molar-refractivity contribution in [3.8, 4) is 11.5 Å². The van der Waals surface area contributed by atoms with Crippen LogP contribution in [0.1, 0.15) is 47.9 Å². The van der Waals surface area contributed by atoms with Gasteiger partial charge in [-0.2, -0.15) is 0 Å². The van der Waals surface area contributed by atoms with Crippen LogP contribution in [0, 0.1) is 5.92 Å². The van der Waals surface area contributed by atoms with E-state index in [-0.39, 0.29) is 30.4 Å². The number of hydrogen-bond donors (Lipinski definition) is 2. The molecule has 1 saturated heterocycles. The molecule has 3 aliphatic rings. The van der Waals surface area contributed by atoms with E-state index in [2.05, 4.69) is 21.3 Å². The molecular formula is C25H29ClN4O3. The number of imidazole rings is 1. The van der Waals surface area contributed by atoms with Gasteiger partial charge >= 0.3 is 0 Å². The molecule has 1 aromatic heterocycles. The van der Waals surface area contributed by atoms with Crippen molar-refractivity contribution in [3.63, 3.8) is 0 Å². The third-order valence-electron chi connectivity index (χ3n) is 6.77. The van der Waals surface area contributed by atoms with Crippen molar-refractivity contribution < 1.29 is 14.3 Å². The van der Waals surface area contributed by atoms with Crippen LogP contribution in [0.5, 0.6) is 11.5 Å². The lowest BCUT2D eigenvalue weighted by atomic mass is 9.95. The molecule has 0 radical (unpaired) electrons. The Morgan fingerprint density at radius 1 is 1.09 bits per heavy atom. The van der Waals surface area contributed by atoms with Crippen molar-refractivity contribution in [1.29, 1.82) is 0 Å². The number of halogens is 1. The van der Waals surface area contributed by atoms with E-state index in [1.807, 2.05) is 30.3 Å². The first-order chi connectivity index (χ1) is 15.7. The average Bonchev–Trinajstić information content (AvgIpc) is 3.54. The highest BCUT2D eigenvalue weighted by Crippen LogP contribution is 2.37. The summed E-state index contributed by atoms with van der Waals surface area (Å²) in [6.45, 7) is 3.13. The fourth-order valence-corrected chi connectivity index (χ4v) is 4.86. The molecule has 1 aliphatic carbocycles. The summed E-state index contributed by atoms with van der Waals surface area (Å²) in [5.41, 5.74) is 2.67. The molecule has 3 heterocycles. The van der Waals surface area contributed by atoms with Crippen molar-refractivity contribution in [3.05, 3.63) is 53.9 Å². The van der Waals surface area contributed by atoms with E-state index in [9.17, 15) is 4.79 Å². The van der Waals surface area contributed by atoms with E-state index in [0.717, 1.165) is 48.7 Å². The van der Waals surface area contributed by atoms with Crippen LogP contribution in [-0.4, -0.2) is 53.1 Å². The smallest absolute Gasteiger partial charge is 0.251 e. The van der Waals surface area contributed by atoms with E-state index >= 15 is 0 Å². The summed E-state index contributed by atoms with van der Waals surface area (Å²) in [6.07, 6.45) is 4.45. The summed E-state index contributed by atoms with van der Waals surface area (Å²) < 4.78 is 11.2. The van der Waals surface area contributed by atoms with Gasteiger partial charge in [-0.1, -0.05) is 12.1 Å². The van der Waals surface area contributed by atoms with Gasteiger partial charge in [0.1, 0.15) is 19.0 Å². The first-order valence-corrected chi connectivity index (χ1v) is 11.6. The number of ether oxygens (including phenoxy) is 2. The van der Waals surface area contributed by atoms with Crippen molar-refractivity contribution in [2.45, 2.75) is 37.8 Å². The number of para-hydroxylation sites is 2. The molecule has 3 aromatic rings. The minimum absolute atomic E-state index is 0. The predicted molar refractivity (Wildman–Crippen MR) is 128 cm³/mol. The molecule has 2 aliphatic heterocycles. The topological polar surface area (TPSA) is 79.5 Å². The van der Waals surface area contributed by atoms with Gasteiger partial charge in [0.2, 0.25) is 0 Å². The van der Waals surface area contributed by atoms with Crippen LogP contribution in [0.4, 0.5) is 0 Å². The first-order valence-electron chi connectivity index (χ1n) is 11.6. The Balaban J connectivity index is 0.00000228. The Labute approximate surface area is 199 Å². The summed E-state index contributed by atoms with van der Waals surface area (Å²) in [4.78, 5) is 24.0. The largest absolute Gasteiger partial charge is 0.486 e. The molecule has 7 nitrogen and oxygen atoms in total. The molecule has 2 fully saturated rings. The van der Waals surface area contributed by atoms with Gasteiger partial charge in [0.25, 0.3) is 5.91 Å². The van der Waals surface area contributed by atoms with Gasteiger partial charge < -0.3 is 19.8 Å². The fraction of sp³-hybridized carbons (Fsp3) is 0.440. The van der Waals surface area contributed by atoms with E-state index in [4.69, 9.17) is 14.5 Å². The SMILES string of the molecule is Cl.O=C(N[C@@H]1CCN(CC2CC2)[C@@H](c2nc3ccccc3[nH]2)C1)c1ccc2c(c1)OCCO2. The van der Waals surface area contributed by atoms with Gasteiger partial charge in [-0.25, -0.2) is 4.98 Å². The van der Waals surface area contributed by atoms with Gasteiger partial charge in [-0.05, 0) is 61.9 Å². The van der Waals surface area contributed by atoms with Crippen LogP contribution < -0.4 is 14.8 Å². The van der Waals surface area contributed by atoms with Crippen LogP contribution in [0.25, 0.3) is 11.0 Å². The second-order valence-corrected chi connectivity index (χ2v) is 9.15. The third-order valence-corrected chi connectivity index (χ3v) is 6.77. The van der Waals surface area contributed by atoms with Gasteiger partial charge in [0.15, 0.2) is 11.5 Å². The Morgan fingerprint density at radius 2 is 1.91 bits per heavy atom. The molecule has 6 rings (SSSR count). The van der Waals surface area contributed by atoms with Crippen molar-refractivity contribution in [2.75, 3.05) is 26.3 Å². The van der Waals surface area contributed by atoms with Crippen LogP contribution in [0.2, 0.25) is 0 Å². The van der Waals surface area contributed by atoms with Crippen LogP contribution in [0.3, 0.4) is 0 Å². The van der Waals surface area contributed by atoms with Gasteiger partial charge in [-0.3, -0.25) is 9.69 Å². The molecule has 174 valence electrons. The summed E-state index contributed by atoms with van der Waals surface area (Å²) in [5.74, 6) is 3.09. The molecule has 33 heavy (non-hydrogen) atoms. The molecule has 1 amide bonds. The van der Waals surface area contributed by atoms with Crippen LogP contribution in [0.15, 0.2) is 42.5 Å². The van der Waals surface area contributed by atoms with E-state index in [1.165, 1.54) is 12.8 Å². The van der Waals surface area contributed by atoms with Gasteiger partial charge in [0.05, 0.1) is 17.1 Å².